The Hall–Kier alpha value is -2.32. The van der Waals surface area contributed by atoms with E-state index in [9.17, 15) is 14.4 Å². The highest BCUT2D eigenvalue weighted by atomic mass is 32.2. The number of anilines is 1. The highest BCUT2D eigenvalue weighted by Crippen LogP contribution is 2.68. The first-order chi connectivity index (χ1) is 18.2. The smallest absolute Gasteiger partial charge is 0.310 e. The van der Waals surface area contributed by atoms with Crippen molar-refractivity contribution in [3.05, 3.63) is 42.0 Å². The third-order valence-corrected chi connectivity index (χ3v) is 10.7. The maximum absolute atomic E-state index is 14.7. The molecule has 7 nitrogen and oxygen atoms in total. The molecule has 1 aromatic rings. The lowest BCUT2D eigenvalue weighted by molar-refractivity contribution is -0.154. The number of hydrogen-bond donors (Lipinski definition) is 1. The normalized spacial score (nSPS) is 29.4. The van der Waals surface area contributed by atoms with Crippen LogP contribution >= 0.6 is 11.8 Å². The summed E-state index contributed by atoms with van der Waals surface area (Å²) in [6, 6.07) is 5.40. The van der Waals surface area contributed by atoms with Crippen LogP contribution in [-0.2, 0) is 19.1 Å². The van der Waals surface area contributed by atoms with Crippen LogP contribution in [0.4, 0.5) is 5.69 Å². The largest absolute Gasteiger partial charge is 0.466 e. The van der Waals surface area contributed by atoms with E-state index in [4.69, 9.17) is 9.84 Å². The van der Waals surface area contributed by atoms with E-state index in [-0.39, 0.29) is 42.2 Å². The first-order valence-electron chi connectivity index (χ1n) is 14.0. The lowest BCUT2D eigenvalue weighted by Gasteiger charge is -2.40. The summed E-state index contributed by atoms with van der Waals surface area (Å²) in [6.45, 7) is 13.1. The van der Waals surface area contributed by atoms with Gasteiger partial charge in [0.05, 0.1) is 23.2 Å². The zero-order valence-electron chi connectivity index (χ0n) is 23.2. The van der Waals surface area contributed by atoms with Gasteiger partial charge in [-0.1, -0.05) is 38.0 Å². The molecule has 0 aliphatic carbocycles. The molecule has 1 spiro atoms. The average Bonchev–Trinajstić information content (AvgIpc) is 3.47. The molecule has 2 bridgehead atoms. The maximum Gasteiger partial charge on any atom is 0.310 e. The van der Waals surface area contributed by atoms with Crippen LogP contribution in [0.25, 0.3) is 0 Å². The Kier molecular flexibility index (Phi) is 8.92. The summed E-state index contributed by atoms with van der Waals surface area (Å²) < 4.78 is 4.78. The highest BCUT2D eigenvalue weighted by Gasteiger charge is 2.76. The molecule has 3 fully saturated rings. The van der Waals surface area contributed by atoms with Gasteiger partial charge in [-0.3, -0.25) is 14.4 Å². The van der Waals surface area contributed by atoms with Crippen LogP contribution in [0.1, 0.15) is 57.1 Å². The molecule has 0 radical (unpaired) electrons. The SMILES string of the molecule is C=CCN(C(=O)C1N(CCCCCCO)C(=O)[C@@H]2[C@@H](C(=O)OCC)[C@H]3CC(C)C12S3)c1cc(C)ccc1C. The second-order valence-electron chi connectivity index (χ2n) is 11.0. The molecule has 3 saturated heterocycles. The van der Waals surface area contributed by atoms with Gasteiger partial charge < -0.3 is 19.6 Å². The summed E-state index contributed by atoms with van der Waals surface area (Å²) in [5, 5.41) is 9.14. The standard InChI is InChI=1S/C30H42N2O5S/c1-6-14-31(22-17-19(3)12-13-20(22)4)28(35)26-30-21(5)18-23(38-30)24(29(36)37-7-2)25(30)27(34)32(26)15-10-8-9-11-16-33/h6,12-13,17,21,23-26,33H,1,7-11,14-16,18H2,2-5H3/t21?,23-,24+,25+,26?,30?/m1/s1. The molecule has 3 aliphatic heterocycles. The predicted molar refractivity (Wildman–Crippen MR) is 151 cm³/mol. The van der Waals surface area contributed by atoms with Crippen LogP contribution in [0.15, 0.2) is 30.9 Å². The average molecular weight is 543 g/mol. The molecule has 38 heavy (non-hydrogen) atoms. The van der Waals surface area contributed by atoms with Gasteiger partial charge in [-0.2, -0.15) is 0 Å². The highest BCUT2D eigenvalue weighted by molar-refractivity contribution is 8.02. The first kappa shape index (κ1) is 28.7. The molecular formula is C30H42N2O5S. The predicted octanol–water partition coefficient (Wildman–Crippen LogP) is 4.28. The molecule has 8 heteroatoms. The minimum atomic E-state index is -0.668. The quantitative estimate of drug-likeness (QED) is 0.241. The molecule has 1 aromatic carbocycles. The van der Waals surface area contributed by atoms with Crippen molar-refractivity contribution in [3.8, 4) is 0 Å². The van der Waals surface area contributed by atoms with Gasteiger partial charge in [0.2, 0.25) is 5.91 Å². The van der Waals surface area contributed by atoms with Crippen molar-refractivity contribution in [2.75, 3.05) is 31.2 Å². The zero-order valence-corrected chi connectivity index (χ0v) is 24.0. The summed E-state index contributed by atoms with van der Waals surface area (Å²) in [5.41, 5.74) is 2.87. The van der Waals surface area contributed by atoms with E-state index in [0.717, 1.165) is 48.9 Å². The van der Waals surface area contributed by atoms with E-state index >= 15 is 0 Å². The van der Waals surface area contributed by atoms with Crippen molar-refractivity contribution in [2.24, 2.45) is 17.8 Å². The van der Waals surface area contributed by atoms with Crippen molar-refractivity contribution in [3.63, 3.8) is 0 Å². The number of benzene rings is 1. The van der Waals surface area contributed by atoms with Crippen molar-refractivity contribution in [1.82, 2.24) is 4.90 Å². The summed E-state index contributed by atoms with van der Waals surface area (Å²) in [7, 11) is 0. The molecule has 208 valence electrons. The monoisotopic (exact) mass is 542 g/mol. The van der Waals surface area contributed by atoms with E-state index in [0.29, 0.717) is 13.1 Å². The number of aliphatic hydroxyl groups is 1. The van der Waals surface area contributed by atoms with Crippen molar-refractivity contribution in [2.45, 2.75) is 75.8 Å². The van der Waals surface area contributed by atoms with Gasteiger partial charge in [-0.25, -0.2) is 0 Å². The number of unbranched alkanes of at least 4 members (excludes halogenated alkanes) is 3. The number of likely N-dealkylation sites (tertiary alicyclic amines) is 1. The number of hydrogen-bond acceptors (Lipinski definition) is 6. The van der Waals surface area contributed by atoms with Gasteiger partial charge >= 0.3 is 5.97 Å². The van der Waals surface area contributed by atoms with Gasteiger partial charge in [0, 0.05) is 30.6 Å². The lowest BCUT2D eigenvalue weighted by atomic mass is 9.66. The lowest BCUT2D eigenvalue weighted by Crippen LogP contribution is -2.57. The van der Waals surface area contributed by atoms with Crippen LogP contribution in [0.5, 0.6) is 0 Å². The van der Waals surface area contributed by atoms with Gasteiger partial charge in [0.1, 0.15) is 6.04 Å². The fourth-order valence-electron chi connectivity index (χ4n) is 6.89. The second kappa shape index (κ2) is 11.8. The number of fused-ring (bicyclic) bond motifs is 1. The second-order valence-corrected chi connectivity index (χ2v) is 12.5. The molecule has 2 amide bonds. The molecule has 0 saturated carbocycles. The van der Waals surface area contributed by atoms with E-state index in [2.05, 4.69) is 13.5 Å². The van der Waals surface area contributed by atoms with E-state index in [1.54, 1.807) is 34.6 Å². The van der Waals surface area contributed by atoms with Gasteiger partial charge in [0.25, 0.3) is 5.91 Å². The summed E-state index contributed by atoms with van der Waals surface area (Å²) in [5.74, 6) is -1.48. The van der Waals surface area contributed by atoms with Gasteiger partial charge in [-0.15, -0.1) is 18.3 Å². The summed E-state index contributed by atoms with van der Waals surface area (Å²) >= 11 is 1.68. The molecule has 6 atom stereocenters. The summed E-state index contributed by atoms with van der Waals surface area (Å²) in [6.07, 6.45) is 5.72. The summed E-state index contributed by atoms with van der Waals surface area (Å²) in [4.78, 5) is 45.6. The van der Waals surface area contributed by atoms with Crippen LogP contribution in [0, 0.1) is 31.6 Å². The van der Waals surface area contributed by atoms with Crippen molar-refractivity contribution in [1.29, 1.82) is 0 Å². The van der Waals surface area contributed by atoms with Crippen LogP contribution in [0.2, 0.25) is 0 Å². The molecule has 1 N–H and O–H groups in total. The molecule has 0 aromatic heterocycles. The maximum atomic E-state index is 14.7. The van der Waals surface area contributed by atoms with E-state index in [1.165, 1.54) is 0 Å². The number of carbonyl (C=O) groups is 3. The van der Waals surface area contributed by atoms with Gasteiger partial charge in [-0.05, 0) is 63.1 Å². The first-order valence-corrected chi connectivity index (χ1v) is 14.9. The molecule has 3 unspecified atom stereocenters. The number of carbonyl (C=O) groups excluding carboxylic acids is 3. The van der Waals surface area contributed by atoms with Gasteiger partial charge in [0.15, 0.2) is 0 Å². The Bertz CT molecular complexity index is 1080. The third kappa shape index (κ3) is 4.79. The molecule has 3 aliphatic rings. The topological polar surface area (TPSA) is 87.2 Å². The van der Waals surface area contributed by atoms with Crippen LogP contribution in [0.3, 0.4) is 0 Å². The minimum Gasteiger partial charge on any atom is -0.466 e. The number of thioether (sulfide) groups is 1. The van der Waals surface area contributed by atoms with Crippen LogP contribution < -0.4 is 4.90 Å². The fraction of sp³-hybridized carbons (Fsp3) is 0.633. The number of ether oxygens (including phenoxy) is 1. The Morgan fingerprint density at radius 3 is 2.68 bits per heavy atom. The van der Waals surface area contributed by atoms with E-state index in [1.807, 2.05) is 32.0 Å². The number of amides is 2. The number of esters is 1. The Morgan fingerprint density at radius 2 is 2.00 bits per heavy atom. The van der Waals surface area contributed by atoms with Crippen molar-refractivity contribution < 1.29 is 24.2 Å². The molecular weight excluding hydrogens is 500 g/mol. The van der Waals surface area contributed by atoms with Crippen LogP contribution in [-0.4, -0.2) is 70.1 Å². The number of aryl methyl sites for hydroxylation is 2. The molecule has 3 heterocycles. The third-order valence-electron chi connectivity index (χ3n) is 8.58. The fourth-order valence-corrected chi connectivity index (χ4v) is 9.29. The number of rotatable bonds is 12. The van der Waals surface area contributed by atoms with E-state index < -0.39 is 22.6 Å². The zero-order chi connectivity index (χ0) is 27.6. The number of aliphatic hydroxyl groups excluding tert-OH is 1. The molecule has 4 rings (SSSR count). The Morgan fingerprint density at radius 1 is 1.26 bits per heavy atom. The number of nitrogens with zero attached hydrogens (tertiary/aromatic N) is 2. The minimum absolute atomic E-state index is 0.0198. The van der Waals surface area contributed by atoms with Crippen molar-refractivity contribution >= 4 is 35.2 Å². The Balaban J connectivity index is 1.76. The Labute approximate surface area is 231 Å².